The Hall–Kier alpha value is -2.04. The number of nitrogens with one attached hydrogen (secondary N) is 2. The van der Waals surface area contributed by atoms with Gasteiger partial charge in [-0.2, -0.15) is 0 Å². The smallest absolute Gasteiger partial charge is 0.243 e. The third-order valence-electron chi connectivity index (χ3n) is 2.67. The minimum absolute atomic E-state index is 0.0385. The highest BCUT2D eigenvalue weighted by Crippen LogP contribution is 2.18. The molecule has 0 radical (unpaired) electrons. The molecular formula is C15H23N3O2. The second-order valence-corrected chi connectivity index (χ2v) is 6.14. The van der Waals surface area contributed by atoms with Crippen LogP contribution < -0.4 is 16.4 Å². The first-order chi connectivity index (χ1) is 9.17. The van der Waals surface area contributed by atoms with Crippen molar-refractivity contribution in [1.29, 1.82) is 0 Å². The van der Waals surface area contributed by atoms with Crippen molar-refractivity contribution < 1.29 is 9.59 Å². The summed E-state index contributed by atoms with van der Waals surface area (Å²) in [4.78, 5) is 23.4. The van der Waals surface area contributed by atoms with Crippen molar-refractivity contribution in [2.45, 2.75) is 34.1 Å². The average molecular weight is 277 g/mol. The van der Waals surface area contributed by atoms with Gasteiger partial charge in [0.05, 0.1) is 6.54 Å². The molecule has 0 aliphatic rings. The molecule has 0 heterocycles. The molecule has 0 fully saturated rings. The van der Waals surface area contributed by atoms with E-state index in [1.165, 1.54) is 0 Å². The minimum Gasteiger partial charge on any atom is -0.399 e. The summed E-state index contributed by atoms with van der Waals surface area (Å²) in [5.74, 6) is -0.391. The Balaban J connectivity index is 2.48. The van der Waals surface area contributed by atoms with Gasteiger partial charge >= 0.3 is 0 Å². The van der Waals surface area contributed by atoms with Crippen molar-refractivity contribution in [2.75, 3.05) is 17.6 Å². The van der Waals surface area contributed by atoms with E-state index < -0.39 is 0 Å². The molecule has 1 aromatic carbocycles. The summed E-state index contributed by atoms with van der Waals surface area (Å²) in [5.41, 5.74) is 7.76. The second kappa shape index (κ2) is 6.41. The summed E-state index contributed by atoms with van der Waals surface area (Å²) < 4.78 is 0. The molecule has 0 saturated carbocycles. The van der Waals surface area contributed by atoms with Crippen LogP contribution in [0.2, 0.25) is 0 Å². The predicted octanol–water partition coefficient (Wildman–Crippen LogP) is 2.07. The number of rotatable bonds is 4. The highest BCUT2D eigenvalue weighted by atomic mass is 16.2. The van der Waals surface area contributed by atoms with Crippen LogP contribution in [0, 0.1) is 12.3 Å². The highest BCUT2D eigenvalue weighted by molar-refractivity contribution is 5.95. The van der Waals surface area contributed by atoms with Gasteiger partial charge in [0.15, 0.2) is 0 Å². The monoisotopic (exact) mass is 277 g/mol. The number of nitrogens with two attached hydrogens (primary N) is 1. The molecule has 0 bridgehead atoms. The van der Waals surface area contributed by atoms with Crippen LogP contribution in [-0.2, 0) is 9.59 Å². The lowest BCUT2D eigenvalue weighted by atomic mass is 9.92. The molecule has 0 saturated heterocycles. The van der Waals surface area contributed by atoms with Gasteiger partial charge < -0.3 is 16.4 Å². The number of aryl methyl sites for hydroxylation is 1. The molecule has 5 nitrogen and oxygen atoms in total. The van der Waals surface area contributed by atoms with E-state index in [2.05, 4.69) is 10.6 Å². The Labute approximate surface area is 119 Å². The lowest BCUT2D eigenvalue weighted by Crippen LogP contribution is -2.34. The van der Waals surface area contributed by atoms with Gasteiger partial charge in [-0.25, -0.2) is 0 Å². The highest BCUT2D eigenvalue weighted by Gasteiger charge is 2.16. The van der Waals surface area contributed by atoms with Gasteiger partial charge in [0.25, 0.3) is 0 Å². The Morgan fingerprint density at radius 2 is 1.85 bits per heavy atom. The number of carbonyl (C=O) groups excluding carboxylic acids is 2. The fraction of sp³-hybridized carbons (Fsp3) is 0.467. The molecule has 0 aliphatic heterocycles. The Kier molecular flexibility index (Phi) is 5.13. The van der Waals surface area contributed by atoms with Gasteiger partial charge in [0.1, 0.15) is 0 Å². The van der Waals surface area contributed by atoms with Crippen molar-refractivity contribution >= 4 is 23.2 Å². The molecule has 110 valence electrons. The van der Waals surface area contributed by atoms with Crippen LogP contribution in [0.15, 0.2) is 18.2 Å². The Bertz CT molecular complexity index is 504. The van der Waals surface area contributed by atoms with E-state index in [0.29, 0.717) is 17.8 Å². The topological polar surface area (TPSA) is 84.2 Å². The van der Waals surface area contributed by atoms with E-state index in [1.807, 2.05) is 33.8 Å². The van der Waals surface area contributed by atoms with Gasteiger partial charge in [-0.1, -0.05) is 26.8 Å². The van der Waals surface area contributed by atoms with Gasteiger partial charge in [-0.05, 0) is 30.0 Å². The largest absolute Gasteiger partial charge is 0.399 e. The number of benzene rings is 1. The van der Waals surface area contributed by atoms with Gasteiger partial charge in [-0.15, -0.1) is 0 Å². The lowest BCUT2D eigenvalue weighted by Gasteiger charge is -2.17. The molecule has 5 heteroatoms. The first-order valence-electron chi connectivity index (χ1n) is 6.60. The van der Waals surface area contributed by atoms with Crippen LogP contribution in [0.1, 0.15) is 32.8 Å². The van der Waals surface area contributed by atoms with Gasteiger partial charge in [0.2, 0.25) is 11.8 Å². The van der Waals surface area contributed by atoms with Crippen LogP contribution in [0.4, 0.5) is 11.4 Å². The molecular weight excluding hydrogens is 254 g/mol. The lowest BCUT2D eigenvalue weighted by molar-refractivity contribution is -0.125. The summed E-state index contributed by atoms with van der Waals surface area (Å²) in [6, 6.07) is 5.31. The van der Waals surface area contributed by atoms with Crippen molar-refractivity contribution in [3.05, 3.63) is 23.8 Å². The number of nitrogen functional groups attached to an aromatic ring is 1. The number of amides is 2. The first kappa shape index (κ1) is 16.0. The molecule has 0 atom stereocenters. The van der Waals surface area contributed by atoms with E-state index in [1.54, 1.807) is 12.1 Å². The average Bonchev–Trinajstić information content (AvgIpc) is 2.29. The van der Waals surface area contributed by atoms with Crippen molar-refractivity contribution in [3.63, 3.8) is 0 Å². The number of hydrogen-bond acceptors (Lipinski definition) is 3. The standard InChI is InChI=1S/C15H23N3O2/c1-10-5-6-11(16)7-12(10)18-14(20)9-17-13(19)8-15(2,3)4/h5-7H,8-9,16H2,1-4H3,(H,17,19)(H,18,20). The molecule has 0 unspecified atom stereocenters. The van der Waals surface area contributed by atoms with Crippen LogP contribution in [0.5, 0.6) is 0 Å². The normalized spacial score (nSPS) is 11.0. The minimum atomic E-state index is -0.263. The molecule has 0 aliphatic carbocycles. The fourth-order valence-corrected chi connectivity index (χ4v) is 1.69. The zero-order valence-electron chi connectivity index (χ0n) is 12.5. The maximum absolute atomic E-state index is 11.8. The second-order valence-electron chi connectivity index (χ2n) is 6.14. The van der Waals surface area contributed by atoms with E-state index in [9.17, 15) is 9.59 Å². The summed E-state index contributed by atoms with van der Waals surface area (Å²) in [6.07, 6.45) is 0.387. The summed E-state index contributed by atoms with van der Waals surface area (Å²) >= 11 is 0. The summed E-state index contributed by atoms with van der Waals surface area (Å²) in [5, 5.41) is 5.35. The van der Waals surface area contributed by atoms with E-state index in [4.69, 9.17) is 5.73 Å². The molecule has 1 rings (SSSR count). The van der Waals surface area contributed by atoms with Crippen molar-refractivity contribution in [2.24, 2.45) is 5.41 Å². The molecule has 1 aromatic rings. The third-order valence-corrected chi connectivity index (χ3v) is 2.67. The van der Waals surface area contributed by atoms with E-state index in [-0.39, 0.29) is 23.8 Å². The van der Waals surface area contributed by atoms with Crippen LogP contribution in [0.3, 0.4) is 0 Å². The maximum Gasteiger partial charge on any atom is 0.243 e. The van der Waals surface area contributed by atoms with Crippen LogP contribution in [-0.4, -0.2) is 18.4 Å². The van der Waals surface area contributed by atoms with Crippen molar-refractivity contribution in [1.82, 2.24) is 5.32 Å². The zero-order valence-corrected chi connectivity index (χ0v) is 12.5. The number of anilines is 2. The molecule has 0 aromatic heterocycles. The quantitative estimate of drug-likeness (QED) is 0.737. The molecule has 4 N–H and O–H groups in total. The number of carbonyl (C=O) groups is 2. The van der Waals surface area contributed by atoms with Crippen LogP contribution >= 0.6 is 0 Å². The molecule has 20 heavy (non-hydrogen) atoms. The van der Waals surface area contributed by atoms with Crippen LogP contribution in [0.25, 0.3) is 0 Å². The summed E-state index contributed by atoms with van der Waals surface area (Å²) in [6.45, 7) is 7.77. The predicted molar refractivity (Wildman–Crippen MR) is 81.3 cm³/mol. The summed E-state index contributed by atoms with van der Waals surface area (Å²) in [7, 11) is 0. The van der Waals surface area contributed by atoms with E-state index in [0.717, 1.165) is 5.56 Å². The Morgan fingerprint density at radius 1 is 1.20 bits per heavy atom. The molecule has 0 spiro atoms. The Morgan fingerprint density at radius 3 is 2.45 bits per heavy atom. The van der Waals surface area contributed by atoms with Gasteiger partial charge in [-0.3, -0.25) is 9.59 Å². The maximum atomic E-state index is 11.8. The molecule has 2 amide bonds. The fourth-order valence-electron chi connectivity index (χ4n) is 1.69. The van der Waals surface area contributed by atoms with Gasteiger partial charge in [0, 0.05) is 17.8 Å². The zero-order chi connectivity index (χ0) is 15.3. The number of hydrogen-bond donors (Lipinski definition) is 3. The third kappa shape index (κ3) is 5.73. The SMILES string of the molecule is Cc1ccc(N)cc1NC(=O)CNC(=O)CC(C)(C)C. The first-order valence-corrected chi connectivity index (χ1v) is 6.60. The van der Waals surface area contributed by atoms with Crippen molar-refractivity contribution in [3.8, 4) is 0 Å². The van der Waals surface area contributed by atoms with E-state index >= 15 is 0 Å².